The fourth-order valence-electron chi connectivity index (χ4n) is 2.86. The van der Waals surface area contributed by atoms with Gasteiger partial charge in [-0.2, -0.15) is 0 Å². The Labute approximate surface area is 138 Å². The molecular weight excluding hydrogens is 301 g/mol. The van der Waals surface area contributed by atoms with Gasteiger partial charge in [0.2, 0.25) is 0 Å². The van der Waals surface area contributed by atoms with E-state index >= 15 is 0 Å². The van der Waals surface area contributed by atoms with Crippen LogP contribution < -0.4 is 4.74 Å². The highest BCUT2D eigenvalue weighted by molar-refractivity contribution is 5.29. The number of hydrogen-bond donors (Lipinski definition) is 0. The van der Waals surface area contributed by atoms with E-state index in [1.807, 2.05) is 0 Å². The molecule has 0 fully saturated rings. The normalized spacial score (nSPS) is 13.1. The monoisotopic (exact) mass is 330 g/mol. The molecule has 0 saturated carbocycles. The molecule has 1 aromatic carbocycles. The van der Waals surface area contributed by atoms with Gasteiger partial charge in [0, 0.05) is 0 Å². The molecular formula is C19H29F3O. The van der Waals surface area contributed by atoms with E-state index in [-0.39, 0.29) is 5.75 Å². The summed E-state index contributed by atoms with van der Waals surface area (Å²) in [6.45, 7) is 4.37. The van der Waals surface area contributed by atoms with Gasteiger partial charge in [0.25, 0.3) is 0 Å². The van der Waals surface area contributed by atoms with Crippen LogP contribution in [0, 0.1) is 0 Å². The second-order valence-electron chi connectivity index (χ2n) is 6.16. The smallest absolute Gasteiger partial charge is 0.406 e. The number of ether oxygens (including phenoxy) is 1. The minimum absolute atomic E-state index is 0.140. The van der Waals surface area contributed by atoms with Crippen molar-refractivity contribution < 1.29 is 17.9 Å². The second-order valence-corrected chi connectivity index (χ2v) is 6.16. The summed E-state index contributed by atoms with van der Waals surface area (Å²) in [5, 5.41) is 0. The molecule has 0 aliphatic rings. The lowest BCUT2D eigenvalue weighted by Gasteiger charge is -2.18. The van der Waals surface area contributed by atoms with Gasteiger partial charge in [0.1, 0.15) is 5.75 Å². The van der Waals surface area contributed by atoms with Gasteiger partial charge in [-0.05, 0) is 36.5 Å². The van der Waals surface area contributed by atoms with Crippen molar-refractivity contribution in [3.63, 3.8) is 0 Å². The molecule has 1 nitrogen and oxygen atoms in total. The third kappa shape index (κ3) is 8.87. The average Bonchev–Trinajstić information content (AvgIpc) is 2.49. The van der Waals surface area contributed by atoms with Crippen LogP contribution in [0.5, 0.6) is 5.75 Å². The summed E-state index contributed by atoms with van der Waals surface area (Å²) in [6, 6.07) is 6.43. The number of unbranched alkanes of at least 4 members (excludes halogenated alkanes) is 5. The summed E-state index contributed by atoms with van der Waals surface area (Å²) in [6.07, 6.45) is 6.11. The summed E-state index contributed by atoms with van der Waals surface area (Å²) >= 11 is 0. The van der Waals surface area contributed by atoms with E-state index in [9.17, 15) is 13.2 Å². The van der Waals surface area contributed by atoms with Gasteiger partial charge >= 0.3 is 6.36 Å². The highest BCUT2D eigenvalue weighted by Gasteiger charge is 2.31. The number of hydrogen-bond acceptors (Lipinski definition) is 1. The summed E-state index contributed by atoms with van der Waals surface area (Å²) in [5.41, 5.74) is 1.13. The lowest BCUT2D eigenvalue weighted by Crippen LogP contribution is -2.17. The van der Waals surface area contributed by atoms with Gasteiger partial charge in [0.15, 0.2) is 0 Å². The highest BCUT2D eigenvalue weighted by atomic mass is 19.4. The van der Waals surface area contributed by atoms with Crippen LogP contribution in [-0.2, 0) is 0 Å². The average molecular weight is 330 g/mol. The molecule has 0 aliphatic heterocycles. The lowest BCUT2D eigenvalue weighted by atomic mass is 9.88. The van der Waals surface area contributed by atoms with Crippen molar-refractivity contribution >= 4 is 0 Å². The van der Waals surface area contributed by atoms with Crippen molar-refractivity contribution in [2.24, 2.45) is 0 Å². The van der Waals surface area contributed by atoms with Crippen molar-refractivity contribution in [1.82, 2.24) is 0 Å². The number of benzene rings is 1. The first-order valence-electron chi connectivity index (χ1n) is 8.82. The van der Waals surface area contributed by atoms with E-state index in [0.717, 1.165) is 31.2 Å². The SMILES string of the molecule is CCCCCCCC(CCCC)c1ccc(OC(F)(F)F)cc1. The zero-order valence-corrected chi connectivity index (χ0v) is 14.3. The Bertz CT molecular complexity index is 412. The molecule has 132 valence electrons. The Morgan fingerprint density at radius 1 is 0.826 bits per heavy atom. The van der Waals surface area contributed by atoms with Crippen LogP contribution in [0.3, 0.4) is 0 Å². The number of halogens is 3. The van der Waals surface area contributed by atoms with Gasteiger partial charge in [-0.3, -0.25) is 0 Å². The number of rotatable bonds is 11. The predicted molar refractivity (Wildman–Crippen MR) is 88.8 cm³/mol. The standard InChI is InChI=1S/C19H29F3O/c1-3-5-7-8-9-11-16(10-6-4-2)17-12-14-18(15-13-17)23-19(20,21)22/h12-16H,3-11H2,1-2H3. The Morgan fingerprint density at radius 2 is 1.39 bits per heavy atom. The summed E-state index contributed by atoms with van der Waals surface area (Å²) in [4.78, 5) is 0. The Morgan fingerprint density at radius 3 is 1.96 bits per heavy atom. The fourth-order valence-corrected chi connectivity index (χ4v) is 2.86. The van der Waals surface area contributed by atoms with Gasteiger partial charge in [-0.15, -0.1) is 13.2 Å². The van der Waals surface area contributed by atoms with Crippen molar-refractivity contribution in [3.05, 3.63) is 29.8 Å². The molecule has 4 heteroatoms. The predicted octanol–water partition coefficient (Wildman–Crippen LogP) is 7.22. The van der Waals surface area contributed by atoms with E-state index in [1.54, 1.807) is 12.1 Å². The molecule has 0 heterocycles. The molecule has 1 aromatic rings. The molecule has 1 rings (SSSR count). The van der Waals surface area contributed by atoms with Gasteiger partial charge in [-0.25, -0.2) is 0 Å². The van der Waals surface area contributed by atoms with E-state index in [4.69, 9.17) is 0 Å². The van der Waals surface area contributed by atoms with Crippen molar-refractivity contribution in [3.8, 4) is 5.75 Å². The number of alkyl halides is 3. The molecule has 0 aromatic heterocycles. The maximum Gasteiger partial charge on any atom is 0.573 e. The van der Waals surface area contributed by atoms with Crippen LogP contribution in [0.15, 0.2) is 24.3 Å². The summed E-state index contributed by atoms with van der Waals surface area (Å²) in [7, 11) is 0. The second kappa shape index (κ2) is 10.6. The molecule has 0 aliphatic carbocycles. The maximum absolute atomic E-state index is 12.2. The summed E-state index contributed by atoms with van der Waals surface area (Å²) in [5.74, 6) is 0.301. The third-order valence-electron chi connectivity index (χ3n) is 4.15. The van der Waals surface area contributed by atoms with E-state index in [0.29, 0.717) is 5.92 Å². The molecule has 0 amide bonds. The zero-order chi connectivity index (χ0) is 17.1. The quantitative estimate of drug-likeness (QED) is 0.389. The van der Waals surface area contributed by atoms with E-state index in [1.165, 1.54) is 44.2 Å². The Balaban J connectivity index is 2.59. The van der Waals surface area contributed by atoms with Crippen molar-refractivity contribution in [2.45, 2.75) is 83.9 Å². The topological polar surface area (TPSA) is 9.23 Å². The van der Waals surface area contributed by atoms with Crippen LogP contribution in [-0.4, -0.2) is 6.36 Å². The van der Waals surface area contributed by atoms with Crippen LogP contribution >= 0.6 is 0 Å². The van der Waals surface area contributed by atoms with Crippen LogP contribution in [0.2, 0.25) is 0 Å². The minimum Gasteiger partial charge on any atom is -0.406 e. The molecule has 1 atom stereocenters. The Hall–Kier alpha value is -1.19. The largest absolute Gasteiger partial charge is 0.573 e. The van der Waals surface area contributed by atoms with Crippen molar-refractivity contribution in [2.75, 3.05) is 0 Å². The molecule has 0 radical (unpaired) electrons. The van der Waals surface area contributed by atoms with Crippen LogP contribution in [0.4, 0.5) is 13.2 Å². The minimum atomic E-state index is -4.62. The first-order valence-corrected chi connectivity index (χ1v) is 8.82. The summed E-state index contributed by atoms with van der Waals surface area (Å²) < 4.78 is 40.6. The van der Waals surface area contributed by atoms with E-state index in [2.05, 4.69) is 18.6 Å². The zero-order valence-electron chi connectivity index (χ0n) is 14.3. The Kier molecular flexibility index (Phi) is 9.12. The van der Waals surface area contributed by atoms with Gasteiger partial charge in [-0.1, -0.05) is 70.9 Å². The maximum atomic E-state index is 12.2. The lowest BCUT2D eigenvalue weighted by molar-refractivity contribution is -0.274. The molecule has 0 N–H and O–H groups in total. The van der Waals surface area contributed by atoms with Crippen LogP contribution in [0.25, 0.3) is 0 Å². The molecule has 23 heavy (non-hydrogen) atoms. The molecule has 1 unspecified atom stereocenters. The highest BCUT2D eigenvalue weighted by Crippen LogP contribution is 2.30. The van der Waals surface area contributed by atoms with E-state index < -0.39 is 6.36 Å². The van der Waals surface area contributed by atoms with Crippen molar-refractivity contribution in [1.29, 1.82) is 0 Å². The van der Waals surface area contributed by atoms with Gasteiger partial charge in [0.05, 0.1) is 0 Å². The third-order valence-corrected chi connectivity index (χ3v) is 4.15. The fraction of sp³-hybridized carbons (Fsp3) is 0.684. The first kappa shape index (κ1) is 19.9. The molecule has 0 spiro atoms. The first-order chi connectivity index (χ1) is 11.0. The van der Waals surface area contributed by atoms with Crippen LogP contribution in [0.1, 0.15) is 83.1 Å². The van der Waals surface area contributed by atoms with Gasteiger partial charge < -0.3 is 4.74 Å². The molecule has 0 saturated heterocycles. The molecule has 0 bridgehead atoms.